The van der Waals surface area contributed by atoms with Gasteiger partial charge in [-0.15, -0.1) is 0 Å². The first-order chi connectivity index (χ1) is 27.0. The summed E-state index contributed by atoms with van der Waals surface area (Å²) in [6.45, 7) is 11.3. The summed E-state index contributed by atoms with van der Waals surface area (Å²) in [6.07, 6.45) is 55.2. The first-order valence-corrected chi connectivity index (χ1v) is 25.3. The smallest absolute Gasteiger partial charge is 0.306 e. The molecule has 4 heteroatoms. The number of carbonyl (C=O) groups is 2. The van der Waals surface area contributed by atoms with Crippen LogP contribution in [-0.2, 0) is 19.1 Å². The Balaban J connectivity index is 0. The second-order valence-electron chi connectivity index (χ2n) is 17.3. The van der Waals surface area contributed by atoms with Crippen LogP contribution in [0.2, 0.25) is 0 Å². The molecule has 0 aliphatic rings. The Hall–Kier alpha value is -1.06. The number of ether oxygens (including phenoxy) is 2. The topological polar surface area (TPSA) is 52.6 Å². The molecule has 0 saturated heterocycles. The number of esters is 2. The predicted octanol–water partition coefficient (Wildman–Crippen LogP) is 17.9. The average molecular weight is 779 g/mol. The molecule has 0 bridgehead atoms. The van der Waals surface area contributed by atoms with Crippen molar-refractivity contribution < 1.29 is 19.1 Å². The first kappa shape index (κ1) is 56.0. The van der Waals surface area contributed by atoms with Crippen LogP contribution in [0.4, 0.5) is 0 Å². The highest BCUT2D eigenvalue weighted by Crippen LogP contribution is 2.16. The molecule has 55 heavy (non-hydrogen) atoms. The van der Waals surface area contributed by atoms with Crippen LogP contribution in [-0.4, -0.2) is 24.6 Å². The lowest BCUT2D eigenvalue weighted by molar-refractivity contribution is -0.147. The van der Waals surface area contributed by atoms with Crippen LogP contribution in [0, 0.1) is 0 Å². The molecule has 4 nitrogen and oxygen atoms in total. The third-order valence-electron chi connectivity index (χ3n) is 11.1. The SMILES string of the molecule is CCCCCCCCCCCCCCCC(=O)OC(C)C.CCCCCCCCCCCCCCCCCC(=O)OCCCCCCCCCCCCCC. The van der Waals surface area contributed by atoms with Crippen LogP contribution in [0.1, 0.15) is 304 Å². The normalized spacial score (nSPS) is 11.2. The van der Waals surface area contributed by atoms with Crippen molar-refractivity contribution in [3.63, 3.8) is 0 Å². The summed E-state index contributed by atoms with van der Waals surface area (Å²) >= 11 is 0. The van der Waals surface area contributed by atoms with E-state index in [9.17, 15) is 9.59 Å². The van der Waals surface area contributed by atoms with E-state index in [0.29, 0.717) is 19.4 Å². The van der Waals surface area contributed by atoms with Gasteiger partial charge in [0.1, 0.15) is 0 Å². The summed E-state index contributed by atoms with van der Waals surface area (Å²) in [5, 5.41) is 0. The first-order valence-electron chi connectivity index (χ1n) is 25.3. The van der Waals surface area contributed by atoms with Crippen molar-refractivity contribution in [3.05, 3.63) is 0 Å². The maximum absolute atomic E-state index is 11.9. The largest absolute Gasteiger partial charge is 0.466 e. The molecule has 0 aromatic heterocycles. The highest BCUT2D eigenvalue weighted by molar-refractivity contribution is 5.69. The molecule has 0 fully saturated rings. The Morgan fingerprint density at radius 2 is 0.527 bits per heavy atom. The van der Waals surface area contributed by atoms with Crippen LogP contribution in [0.15, 0.2) is 0 Å². The van der Waals surface area contributed by atoms with Crippen LogP contribution in [0.5, 0.6) is 0 Å². The lowest BCUT2D eigenvalue weighted by Crippen LogP contribution is -2.10. The van der Waals surface area contributed by atoms with E-state index in [4.69, 9.17) is 9.47 Å². The fourth-order valence-corrected chi connectivity index (χ4v) is 7.45. The van der Waals surface area contributed by atoms with E-state index in [1.807, 2.05) is 13.8 Å². The molecule has 0 radical (unpaired) electrons. The van der Waals surface area contributed by atoms with Gasteiger partial charge in [-0.25, -0.2) is 0 Å². The molecule has 0 aliphatic heterocycles. The number of rotatable bonds is 44. The van der Waals surface area contributed by atoms with Crippen molar-refractivity contribution in [1.82, 2.24) is 0 Å². The average Bonchev–Trinajstić information content (AvgIpc) is 3.17. The van der Waals surface area contributed by atoms with Gasteiger partial charge in [0.25, 0.3) is 0 Å². The van der Waals surface area contributed by atoms with Gasteiger partial charge >= 0.3 is 11.9 Å². The van der Waals surface area contributed by atoms with Gasteiger partial charge in [0.15, 0.2) is 0 Å². The van der Waals surface area contributed by atoms with Gasteiger partial charge in [0.05, 0.1) is 12.7 Å². The van der Waals surface area contributed by atoms with Gasteiger partial charge in [-0.3, -0.25) is 9.59 Å². The Morgan fingerprint density at radius 3 is 0.782 bits per heavy atom. The summed E-state index contributed by atoms with van der Waals surface area (Å²) in [4.78, 5) is 23.2. The number of hydrogen-bond acceptors (Lipinski definition) is 4. The van der Waals surface area contributed by atoms with Crippen molar-refractivity contribution in [2.75, 3.05) is 6.61 Å². The maximum atomic E-state index is 11.9. The Kier molecular flexibility index (Phi) is 51.9. The maximum Gasteiger partial charge on any atom is 0.306 e. The highest BCUT2D eigenvalue weighted by Gasteiger charge is 2.05. The summed E-state index contributed by atoms with van der Waals surface area (Å²) in [5.74, 6) is -0.00848. The second kappa shape index (κ2) is 51.0. The van der Waals surface area contributed by atoms with Gasteiger partial charge in [-0.2, -0.15) is 0 Å². The summed E-state index contributed by atoms with van der Waals surface area (Å²) < 4.78 is 10.5. The minimum Gasteiger partial charge on any atom is -0.466 e. The van der Waals surface area contributed by atoms with E-state index in [-0.39, 0.29) is 18.0 Å². The third kappa shape index (κ3) is 55.1. The molecule has 330 valence electrons. The minimum atomic E-state index is -0.0342. The molecule has 0 rings (SSSR count). The van der Waals surface area contributed by atoms with Crippen molar-refractivity contribution in [2.45, 2.75) is 310 Å². The van der Waals surface area contributed by atoms with E-state index in [1.165, 1.54) is 238 Å². The molecule has 0 heterocycles. The van der Waals surface area contributed by atoms with E-state index in [0.717, 1.165) is 19.3 Å². The van der Waals surface area contributed by atoms with Crippen LogP contribution >= 0.6 is 0 Å². The van der Waals surface area contributed by atoms with E-state index < -0.39 is 0 Å². The number of carbonyl (C=O) groups excluding carboxylic acids is 2. The van der Waals surface area contributed by atoms with Crippen LogP contribution < -0.4 is 0 Å². The van der Waals surface area contributed by atoms with E-state index >= 15 is 0 Å². The van der Waals surface area contributed by atoms with Gasteiger partial charge in [0.2, 0.25) is 0 Å². The molecular formula is C51H102O4. The third-order valence-corrected chi connectivity index (χ3v) is 11.1. The molecule has 0 aromatic carbocycles. The molecule has 0 amide bonds. The predicted molar refractivity (Wildman–Crippen MR) is 243 cm³/mol. The van der Waals surface area contributed by atoms with Gasteiger partial charge in [-0.05, 0) is 33.1 Å². The van der Waals surface area contributed by atoms with Gasteiger partial charge < -0.3 is 9.47 Å². The Bertz CT molecular complexity index is 720. The monoisotopic (exact) mass is 779 g/mol. The quantitative estimate of drug-likeness (QED) is 0.0457. The van der Waals surface area contributed by atoms with Crippen molar-refractivity contribution in [2.24, 2.45) is 0 Å². The molecule has 0 atom stereocenters. The number of unbranched alkanes of at least 4 members (excludes halogenated alkanes) is 37. The molecule has 0 saturated carbocycles. The summed E-state index contributed by atoms with van der Waals surface area (Å²) in [7, 11) is 0. The van der Waals surface area contributed by atoms with E-state index in [2.05, 4.69) is 20.8 Å². The van der Waals surface area contributed by atoms with Gasteiger partial charge in [-0.1, -0.05) is 258 Å². The van der Waals surface area contributed by atoms with Crippen molar-refractivity contribution in [1.29, 1.82) is 0 Å². The molecule has 0 spiro atoms. The lowest BCUT2D eigenvalue weighted by atomic mass is 10.0. The van der Waals surface area contributed by atoms with Crippen LogP contribution in [0.3, 0.4) is 0 Å². The molecule has 0 unspecified atom stereocenters. The van der Waals surface area contributed by atoms with E-state index in [1.54, 1.807) is 0 Å². The standard InChI is InChI=1S/C32H64O2.C19H38O2/c1-3-5-7-9-11-13-15-17-18-19-20-22-24-26-28-30-32(33)34-31-29-27-25-23-21-16-14-12-10-8-6-4-2;1-4-5-6-7-8-9-10-11-12-13-14-15-16-17-19(20)21-18(2)3/h3-31H2,1-2H3;18H,4-17H2,1-3H3. The summed E-state index contributed by atoms with van der Waals surface area (Å²) in [6, 6.07) is 0. The minimum absolute atomic E-state index is 0.0257. The lowest BCUT2D eigenvalue weighted by Gasteiger charge is -2.07. The fourth-order valence-electron chi connectivity index (χ4n) is 7.45. The Morgan fingerprint density at radius 1 is 0.309 bits per heavy atom. The molecule has 0 N–H and O–H groups in total. The summed E-state index contributed by atoms with van der Waals surface area (Å²) in [5.41, 5.74) is 0. The van der Waals surface area contributed by atoms with Gasteiger partial charge in [0, 0.05) is 12.8 Å². The van der Waals surface area contributed by atoms with Crippen molar-refractivity contribution in [3.8, 4) is 0 Å². The number of hydrogen-bond donors (Lipinski definition) is 0. The van der Waals surface area contributed by atoms with Crippen LogP contribution in [0.25, 0.3) is 0 Å². The zero-order valence-electron chi connectivity index (χ0n) is 38.6. The zero-order valence-corrected chi connectivity index (χ0v) is 38.6. The highest BCUT2D eigenvalue weighted by atomic mass is 16.5. The second-order valence-corrected chi connectivity index (χ2v) is 17.3. The molecule has 0 aliphatic carbocycles. The fraction of sp³-hybridized carbons (Fsp3) is 0.961. The van der Waals surface area contributed by atoms with Crippen molar-refractivity contribution >= 4 is 11.9 Å². The zero-order chi connectivity index (χ0) is 40.6. The molecule has 0 aromatic rings. The Labute approximate surface area is 347 Å². The molecular weight excluding hydrogens is 677 g/mol.